The fourth-order valence-electron chi connectivity index (χ4n) is 2.08. The number of aryl methyl sites for hydroxylation is 1. The van der Waals surface area contributed by atoms with Crippen molar-refractivity contribution in [1.29, 1.82) is 0 Å². The Kier molecular flexibility index (Phi) is 3.75. The van der Waals surface area contributed by atoms with E-state index in [0.29, 0.717) is 11.9 Å². The lowest BCUT2D eigenvalue weighted by atomic mass is 10.1. The molecule has 0 bridgehead atoms. The molecule has 1 aromatic heterocycles. The lowest BCUT2D eigenvalue weighted by Gasteiger charge is -2.29. The minimum Gasteiger partial charge on any atom is -0.367 e. The van der Waals surface area contributed by atoms with Gasteiger partial charge in [0.15, 0.2) is 0 Å². The topological polar surface area (TPSA) is 79.1 Å². The molecular weight excluding hydrogens is 216 g/mol. The number of hydrogen-bond acceptors (Lipinski definition) is 6. The summed E-state index contributed by atoms with van der Waals surface area (Å²) >= 11 is 0. The van der Waals surface area contributed by atoms with E-state index in [9.17, 15) is 0 Å². The van der Waals surface area contributed by atoms with Gasteiger partial charge in [0.2, 0.25) is 0 Å². The highest BCUT2D eigenvalue weighted by atomic mass is 15.3. The Balaban J connectivity index is 2.00. The maximum absolute atomic E-state index is 5.36. The van der Waals surface area contributed by atoms with Gasteiger partial charge in [0.05, 0.1) is 0 Å². The Hall–Kier alpha value is -1.40. The smallest absolute Gasteiger partial charge is 0.145 e. The number of hydrazine groups is 1. The van der Waals surface area contributed by atoms with E-state index in [1.165, 1.54) is 0 Å². The van der Waals surface area contributed by atoms with Crippen molar-refractivity contribution in [2.24, 2.45) is 5.84 Å². The average molecular weight is 236 g/mol. The van der Waals surface area contributed by atoms with Crippen LogP contribution in [0.5, 0.6) is 0 Å². The zero-order valence-electron chi connectivity index (χ0n) is 10.4. The first-order valence-corrected chi connectivity index (χ1v) is 5.95. The van der Waals surface area contributed by atoms with Crippen LogP contribution >= 0.6 is 0 Å². The quantitative estimate of drug-likeness (QED) is 0.526. The summed E-state index contributed by atoms with van der Waals surface area (Å²) in [6, 6.07) is 2.33. The standard InChI is InChI=1S/C11H20N6/c1-8-13-10(7-11(14-8)16-12)15-9-3-5-17(2)6-4-9/h7,9H,3-6,12H2,1-2H3,(H2,13,14,15,16). The van der Waals surface area contributed by atoms with Gasteiger partial charge < -0.3 is 15.6 Å². The monoisotopic (exact) mass is 236 g/mol. The van der Waals surface area contributed by atoms with Crippen LogP contribution in [-0.4, -0.2) is 41.0 Å². The fourth-order valence-corrected chi connectivity index (χ4v) is 2.08. The molecule has 0 saturated carbocycles. The minimum absolute atomic E-state index is 0.492. The molecule has 4 N–H and O–H groups in total. The van der Waals surface area contributed by atoms with Gasteiger partial charge in [0.25, 0.3) is 0 Å². The molecule has 0 radical (unpaired) electrons. The molecule has 2 heterocycles. The molecule has 0 spiro atoms. The summed E-state index contributed by atoms with van der Waals surface area (Å²) in [7, 11) is 2.15. The normalized spacial score (nSPS) is 18.1. The molecule has 0 atom stereocenters. The molecule has 2 rings (SSSR count). The highest BCUT2D eigenvalue weighted by Gasteiger charge is 2.16. The second-order valence-electron chi connectivity index (χ2n) is 4.55. The first kappa shape index (κ1) is 12.1. The second-order valence-corrected chi connectivity index (χ2v) is 4.55. The summed E-state index contributed by atoms with van der Waals surface area (Å²) in [5, 5.41) is 3.44. The highest BCUT2D eigenvalue weighted by Crippen LogP contribution is 2.16. The van der Waals surface area contributed by atoms with E-state index in [2.05, 4.69) is 32.7 Å². The zero-order chi connectivity index (χ0) is 12.3. The van der Waals surface area contributed by atoms with E-state index in [0.717, 1.165) is 37.6 Å². The number of piperidine rings is 1. The number of anilines is 2. The largest absolute Gasteiger partial charge is 0.367 e. The molecule has 94 valence electrons. The number of hydrogen-bond donors (Lipinski definition) is 3. The van der Waals surface area contributed by atoms with Crippen LogP contribution in [0.4, 0.5) is 11.6 Å². The van der Waals surface area contributed by atoms with Gasteiger partial charge in [-0.2, -0.15) is 0 Å². The van der Waals surface area contributed by atoms with Gasteiger partial charge in [0, 0.05) is 12.1 Å². The van der Waals surface area contributed by atoms with Crippen LogP contribution in [-0.2, 0) is 0 Å². The molecule has 0 aliphatic carbocycles. The third-order valence-corrected chi connectivity index (χ3v) is 3.06. The molecule has 1 aliphatic rings. The van der Waals surface area contributed by atoms with Crippen LogP contribution in [0.3, 0.4) is 0 Å². The first-order chi connectivity index (χ1) is 8.17. The van der Waals surface area contributed by atoms with Gasteiger partial charge in [-0.05, 0) is 39.9 Å². The number of nitrogen functional groups attached to an aromatic ring is 1. The van der Waals surface area contributed by atoms with Crippen LogP contribution in [0.2, 0.25) is 0 Å². The highest BCUT2D eigenvalue weighted by molar-refractivity contribution is 5.47. The Labute approximate surface area is 102 Å². The molecule has 0 unspecified atom stereocenters. The molecule has 1 saturated heterocycles. The van der Waals surface area contributed by atoms with Crippen molar-refractivity contribution in [1.82, 2.24) is 14.9 Å². The Morgan fingerprint density at radius 1 is 1.29 bits per heavy atom. The molecule has 6 nitrogen and oxygen atoms in total. The van der Waals surface area contributed by atoms with Crippen molar-refractivity contribution in [3.8, 4) is 0 Å². The zero-order valence-corrected chi connectivity index (χ0v) is 10.4. The third-order valence-electron chi connectivity index (χ3n) is 3.06. The van der Waals surface area contributed by atoms with Gasteiger partial charge >= 0.3 is 0 Å². The molecule has 1 aromatic rings. The summed E-state index contributed by atoms with van der Waals surface area (Å²) < 4.78 is 0. The van der Waals surface area contributed by atoms with Gasteiger partial charge in [0.1, 0.15) is 17.5 Å². The van der Waals surface area contributed by atoms with Crippen LogP contribution in [0.25, 0.3) is 0 Å². The molecule has 6 heteroatoms. The second kappa shape index (κ2) is 5.29. The number of nitrogens with two attached hydrogens (primary N) is 1. The van der Waals surface area contributed by atoms with Gasteiger partial charge in [-0.25, -0.2) is 15.8 Å². The minimum atomic E-state index is 0.492. The number of rotatable bonds is 3. The Morgan fingerprint density at radius 3 is 2.59 bits per heavy atom. The Morgan fingerprint density at radius 2 is 1.94 bits per heavy atom. The lowest BCUT2D eigenvalue weighted by molar-refractivity contribution is 0.263. The molecule has 0 amide bonds. The summed E-state index contributed by atoms with van der Waals surface area (Å²) in [5.74, 6) is 7.58. The van der Waals surface area contributed by atoms with Crippen LogP contribution in [0.15, 0.2) is 6.07 Å². The third kappa shape index (κ3) is 3.28. The number of likely N-dealkylation sites (tertiary alicyclic amines) is 1. The van der Waals surface area contributed by atoms with E-state index in [1.807, 2.05) is 13.0 Å². The number of nitrogens with zero attached hydrogens (tertiary/aromatic N) is 3. The van der Waals surface area contributed by atoms with Crippen LogP contribution in [0, 0.1) is 6.92 Å². The van der Waals surface area contributed by atoms with Crippen molar-refractivity contribution < 1.29 is 0 Å². The average Bonchev–Trinajstić information content (AvgIpc) is 2.31. The summed E-state index contributed by atoms with van der Waals surface area (Å²) in [5.41, 5.74) is 2.55. The van der Waals surface area contributed by atoms with Crippen LogP contribution in [0.1, 0.15) is 18.7 Å². The first-order valence-electron chi connectivity index (χ1n) is 5.95. The molecule has 1 fully saturated rings. The fraction of sp³-hybridized carbons (Fsp3) is 0.636. The van der Waals surface area contributed by atoms with E-state index in [-0.39, 0.29) is 0 Å². The number of nitrogens with one attached hydrogen (secondary N) is 2. The van der Waals surface area contributed by atoms with E-state index in [1.54, 1.807) is 0 Å². The van der Waals surface area contributed by atoms with E-state index >= 15 is 0 Å². The van der Waals surface area contributed by atoms with Gasteiger partial charge in [-0.15, -0.1) is 0 Å². The predicted molar refractivity (Wildman–Crippen MR) is 68.7 cm³/mol. The summed E-state index contributed by atoms with van der Waals surface area (Å²) in [6.07, 6.45) is 2.29. The van der Waals surface area contributed by atoms with Crippen molar-refractivity contribution in [2.75, 3.05) is 30.9 Å². The van der Waals surface area contributed by atoms with Crippen LogP contribution < -0.4 is 16.6 Å². The van der Waals surface area contributed by atoms with Crippen molar-refractivity contribution in [3.05, 3.63) is 11.9 Å². The maximum atomic E-state index is 5.36. The molecule has 1 aliphatic heterocycles. The summed E-state index contributed by atoms with van der Waals surface area (Å²) in [4.78, 5) is 10.9. The van der Waals surface area contributed by atoms with E-state index in [4.69, 9.17) is 5.84 Å². The number of aromatic nitrogens is 2. The van der Waals surface area contributed by atoms with E-state index < -0.39 is 0 Å². The molecular formula is C11H20N6. The van der Waals surface area contributed by atoms with Crippen molar-refractivity contribution in [3.63, 3.8) is 0 Å². The summed E-state index contributed by atoms with van der Waals surface area (Å²) in [6.45, 7) is 4.12. The SMILES string of the molecule is Cc1nc(NN)cc(NC2CCN(C)CC2)n1. The van der Waals surface area contributed by atoms with Gasteiger partial charge in [-0.3, -0.25) is 0 Å². The van der Waals surface area contributed by atoms with Crippen molar-refractivity contribution in [2.45, 2.75) is 25.8 Å². The van der Waals surface area contributed by atoms with Gasteiger partial charge in [-0.1, -0.05) is 0 Å². The Bertz CT molecular complexity index is 372. The predicted octanol–water partition coefficient (Wildman–Crippen LogP) is 0.577. The lowest BCUT2D eigenvalue weighted by Crippen LogP contribution is -2.36. The van der Waals surface area contributed by atoms with Crippen molar-refractivity contribution >= 4 is 11.6 Å². The maximum Gasteiger partial charge on any atom is 0.145 e. The molecule has 17 heavy (non-hydrogen) atoms. The molecule has 0 aromatic carbocycles.